The summed E-state index contributed by atoms with van der Waals surface area (Å²) in [5, 5.41) is 0. The molecule has 2 saturated heterocycles. The van der Waals surface area contributed by atoms with Crippen LogP contribution in [0.15, 0.2) is 29.2 Å². The molecule has 0 spiro atoms. The molecule has 1 aromatic rings. The molecule has 0 aromatic heterocycles. The van der Waals surface area contributed by atoms with Crippen molar-refractivity contribution in [2.45, 2.75) is 17.7 Å². The van der Waals surface area contributed by atoms with Gasteiger partial charge in [-0.2, -0.15) is 0 Å². The second-order valence-corrected chi connectivity index (χ2v) is 6.52. The summed E-state index contributed by atoms with van der Waals surface area (Å²) in [6.07, 6.45) is 2.61. The highest BCUT2D eigenvalue weighted by molar-refractivity contribution is 7.98. The number of rotatable bonds is 4. The maximum atomic E-state index is 12.5. The number of carbonyl (C=O) groups is 3. The minimum absolute atomic E-state index is 0.0280. The van der Waals surface area contributed by atoms with Crippen LogP contribution in [0.25, 0.3) is 0 Å². The molecule has 2 fully saturated rings. The number of benzene rings is 1. The average molecular weight is 318 g/mol. The Morgan fingerprint density at radius 1 is 1.18 bits per heavy atom. The lowest BCUT2D eigenvalue weighted by molar-refractivity contribution is -0.139. The van der Waals surface area contributed by atoms with Crippen molar-refractivity contribution >= 4 is 29.5 Å². The van der Waals surface area contributed by atoms with Crippen LogP contribution in [0.2, 0.25) is 0 Å². The van der Waals surface area contributed by atoms with Crippen molar-refractivity contribution in [1.29, 1.82) is 0 Å². The van der Waals surface area contributed by atoms with Crippen molar-refractivity contribution in [3.05, 3.63) is 29.8 Å². The van der Waals surface area contributed by atoms with Gasteiger partial charge in [-0.15, -0.1) is 11.8 Å². The van der Waals surface area contributed by atoms with E-state index in [4.69, 9.17) is 0 Å². The van der Waals surface area contributed by atoms with E-state index in [-0.39, 0.29) is 23.6 Å². The first-order valence-corrected chi connectivity index (χ1v) is 8.58. The van der Waals surface area contributed by atoms with Gasteiger partial charge in [-0.1, -0.05) is 12.1 Å². The molecule has 5 nitrogen and oxygen atoms in total. The zero-order valence-corrected chi connectivity index (χ0v) is 13.3. The zero-order valence-electron chi connectivity index (χ0n) is 12.4. The lowest BCUT2D eigenvalue weighted by Crippen LogP contribution is -2.54. The van der Waals surface area contributed by atoms with Crippen molar-refractivity contribution in [3.8, 4) is 0 Å². The highest BCUT2D eigenvalue weighted by Gasteiger charge is 2.37. The van der Waals surface area contributed by atoms with Crippen LogP contribution in [0, 0.1) is 5.92 Å². The molecule has 2 aliphatic rings. The summed E-state index contributed by atoms with van der Waals surface area (Å²) in [7, 11) is 0. The Hall–Kier alpha value is -1.82. The second kappa shape index (κ2) is 6.12. The van der Waals surface area contributed by atoms with Gasteiger partial charge >= 0.3 is 0 Å². The Labute approximate surface area is 133 Å². The normalized spacial score (nSPS) is 18.8. The van der Waals surface area contributed by atoms with Gasteiger partial charge in [-0.25, -0.2) is 0 Å². The number of nitrogens with zero attached hydrogens (tertiary/aromatic N) is 2. The van der Waals surface area contributed by atoms with Crippen molar-refractivity contribution < 1.29 is 14.4 Å². The summed E-state index contributed by atoms with van der Waals surface area (Å²) in [6, 6.07) is 7.57. The van der Waals surface area contributed by atoms with Crippen LogP contribution in [0.5, 0.6) is 0 Å². The highest BCUT2D eigenvalue weighted by atomic mass is 32.2. The molecule has 22 heavy (non-hydrogen) atoms. The Morgan fingerprint density at radius 3 is 2.45 bits per heavy atom. The first kappa shape index (κ1) is 15.1. The van der Waals surface area contributed by atoms with Crippen molar-refractivity contribution in [1.82, 2.24) is 9.80 Å². The molecule has 0 bridgehead atoms. The molecular formula is C16H18N2O3S. The van der Waals surface area contributed by atoms with Crippen LogP contribution in [0.4, 0.5) is 0 Å². The van der Waals surface area contributed by atoms with E-state index in [0.717, 1.165) is 10.5 Å². The van der Waals surface area contributed by atoms with Gasteiger partial charge in [0.15, 0.2) is 0 Å². The molecule has 0 unspecified atom stereocenters. The Kier molecular flexibility index (Phi) is 4.20. The zero-order chi connectivity index (χ0) is 15.7. The van der Waals surface area contributed by atoms with Gasteiger partial charge in [0.05, 0.1) is 5.56 Å². The number of thioether (sulfide) groups is 1. The Balaban J connectivity index is 1.58. The molecule has 116 valence electrons. The maximum Gasteiger partial charge on any atom is 0.255 e. The molecule has 2 heterocycles. The van der Waals surface area contributed by atoms with E-state index < -0.39 is 0 Å². The first-order valence-electron chi connectivity index (χ1n) is 7.35. The van der Waals surface area contributed by atoms with E-state index in [0.29, 0.717) is 32.5 Å². The lowest BCUT2D eigenvalue weighted by Gasteiger charge is -2.40. The maximum absolute atomic E-state index is 12.5. The summed E-state index contributed by atoms with van der Waals surface area (Å²) in [5.74, 6) is 0.0710. The molecule has 0 N–H and O–H groups in total. The third-order valence-corrected chi connectivity index (χ3v) is 4.97. The average Bonchev–Trinajstić information content (AvgIpc) is 2.81. The predicted molar refractivity (Wildman–Crippen MR) is 83.6 cm³/mol. The van der Waals surface area contributed by atoms with E-state index in [9.17, 15) is 14.4 Å². The second-order valence-electron chi connectivity index (χ2n) is 5.67. The summed E-state index contributed by atoms with van der Waals surface area (Å²) in [6.45, 7) is 1.67. The van der Waals surface area contributed by atoms with E-state index in [1.54, 1.807) is 16.7 Å². The number of hydrogen-bond acceptors (Lipinski definition) is 4. The van der Waals surface area contributed by atoms with Crippen LogP contribution < -0.4 is 0 Å². The third kappa shape index (κ3) is 2.75. The number of carbonyl (C=O) groups excluding carboxylic acids is 3. The monoisotopic (exact) mass is 318 g/mol. The van der Waals surface area contributed by atoms with Crippen molar-refractivity contribution in [2.24, 2.45) is 5.92 Å². The van der Waals surface area contributed by atoms with E-state index >= 15 is 0 Å². The molecule has 2 aliphatic heterocycles. The summed E-state index contributed by atoms with van der Waals surface area (Å²) in [5.41, 5.74) is 0.724. The van der Waals surface area contributed by atoms with Crippen molar-refractivity contribution in [2.75, 3.05) is 25.9 Å². The lowest BCUT2D eigenvalue weighted by atomic mass is 9.98. The van der Waals surface area contributed by atoms with Crippen LogP contribution in [0.3, 0.4) is 0 Å². The van der Waals surface area contributed by atoms with Gasteiger partial charge in [-0.3, -0.25) is 19.3 Å². The molecule has 0 saturated carbocycles. The van der Waals surface area contributed by atoms with Crippen LogP contribution >= 0.6 is 11.8 Å². The number of hydrogen-bond donors (Lipinski definition) is 0. The molecule has 0 radical (unpaired) electrons. The topological polar surface area (TPSA) is 57.7 Å². The van der Waals surface area contributed by atoms with Crippen LogP contribution in [-0.4, -0.2) is 53.4 Å². The van der Waals surface area contributed by atoms with E-state index in [1.807, 2.05) is 30.5 Å². The molecule has 0 aliphatic carbocycles. The smallest absolute Gasteiger partial charge is 0.255 e. The van der Waals surface area contributed by atoms with Gasteiger partial charge in [-0.05, 0) is 18.4 Å². The van der Waals surface area contributed by atoms with Crippen LogP contribution in [0.1, 0.15) is 23.2 Å². The van der Waals surface area contributed by atoms with Gasteiger partial charge < -0.3 is 4.90 Å². The summed E-state index contributed by atoms with van der Waals surface area (Å²) < 4.78 is 0. The molecule has 0 atom stereocenters. The highest BCUT2D eigenvalue weighted by Crippen LogP contribution is 2.26. The predicted octanol–water partition coefficient (Wildman–Crippen LogP) is 1.63. The molecule has 1 aromatic carbocycles. The molecule has 6 heteroatoms. The number of imide groups is 1. The van der Waals surface area contributed by atoms with E-state index in [1.165, 1.54) is 4.90 Å². The summed E-state index contributed by atoms with van der Waals surface area (Å²) >= 11 is 1.56. The fourth-order valence-electron chi connectivity index (χ4n) is 2.93. The van der Waals surface area contributed by atoms with Gasteiger partial charge in [0, 0.05) is 43.3 Å². The number of likely N-dealkylation sites (tertiary alicyclic amines) is 2. The largest absolute Gasteiger partial charge is 0.338 e. The fourth-order valence-corrected chi connectivity index (χ4v) is 3.52. The fraction of sp³-hybridized carbons (Fsp3) is 0.438. The quantitative estimate of drug-likeness (QED) is 0.625. The van der Waals surface area contributed by atoms with Gasteiger partial charge in [0.25, 0.3) is 5.91 Å². The minimum atomic E-state index is -0.0810. The summed E-state index contributed by atoms with van der Waals surface area (Å²) in [4.78, 5) is 39.8. The Morgan fingerprint density at radius 2 is 1.82 bits per heavy atom. The SMILES string of the molecule is CSc1ccccc1C(=O)N1CC(CN2C(=O)CCC2=O)C1. The van der Waals surface area contributed by atoms with Gasteiger partial charge in [0.1, 0.15) is 0 Å². The molecular weight excluding hydrogens is 300 g/mol. The van der Waals surface area contributed by atoms with Crippen molar-refractivity contribution in [3.63, 3.8) is 0 Å². The van der Waals surface area contributed by atoms with E-state index in [2.05, 4.69) is 0 Å². The molecule has 3 amide bonds. The Bertz CT molecular complexity index is 610. The standard InChI is InChI=1S/C16H18N2O3S/c1-22-13-5-3-2-4-12(13)16(21)17-8-11(9-17)10-18-14(19)6-7-15(18)20/h2-5,11H,6-10H2,1H3. The third-order valence-electron chi connectivity index (χ3n) is 4.18. The number of amides is 3. The molecule has 3 rings (SSSR count). The first-order chi connectivity index (χ1) is 10.6. The minimum Gasteiger partial charge on any atom is -0.338 e. The van der Waals surface area contributed by atoms with Crippen LogP contribution in [-0.2, 0) is 9.59 Å². The van der Waals surface area contributed by atoms with Gasteiger partial charge in [0.2, 0.25) is 11.8 Å².